The third kappa shape index (κ3) is 3.93. The van der Waals surface area contributed by atoms with Crippen molar-refractivity contribution < 1.29 is 4.74 Å². The highest BCUT2D eigenvalue weighted by Gasteiger charge is 2.19. The first kappa shape index (κ1) is 19.0. The van der Waals surface area contributed by atoms with Gasteiger partial charge in [-0.15, -0.1) is 11.3 Å². The van der Waals surface area contributed by atoms with Crippen LogP contribution in [0.5, 0.6) is 5.88 Å². The molecule has 6 heteroatoms. The minimum atomic E-state index is 0.699. The molecule has 0 spiro atoms. The van der Waals surface area contributed by atoms with E-state index in [0.717, 1.165) is 49.9 Å². The molecule has 0 unspecified atom stereocenters. The number of thiazole rings is 1. The lowest BCUT2D eigenvalue weighted by molar-refractivity contribution is 0.297. The van der Waals surface area contributed by atoms with E-state index in [1.807, 2.05) is 18.2 Å². The summed E-state index contributed by atoms with van der Waals surface area (Å²) >= 11 is 2.91. The van der Waals surface area contributed by atoms with Crippen LogP contribution in [-0.2, 0) is 0 Å². The van der Waals surface area contributed by atoms with Crippen LogP contribution in [0.3, 0.4) is 0 Å². The van der Waals surface area contributed by atoms with E-state index < -0.39 is 0 Å². The van der Waals surface area contributed by atoms with Crippen molar-refractivity contribution in [2.45, 2.75) is 39.5 Å². The van der Waals surface area contributed by atoms with E-state index >= 15 is 0 Å². The van der Waals surface area contributed by atoms with Gasteiger partial charge in [0.05, 0.1) is 23.2 Å². The van der Waals surface area contributed by atoms with E-state index in [1.54, 1.807) is 11.3 Å². The molecule has 0 N–H and O–H groups in total. The van der Waals surface area contributed by atoms with Gasteiger partial charge >= 0.3 is 0 Å². The van der Waals surface area contributed by atoms with Gasteiger partial charge in [0, 0.05) is 5.56 Å². The summed E-state index contributed by atoms with van der Waals surface area (Å²) < 4.78 is 15.1. The van der Waals surface area contributed by atoms with Gasteiger partial charge in [-0.2, -0.15) is 8.75 Å². The number of hydrogen-bond acceptors (Lipinski definition) is 6. The third-order valence-electron chi connectivity index (χ3n) is 4.72. The molecule has 144 valence electrons. The molecule has 0 amide bonds. The largest absolute Gasteiger partial charge is 0.477 e. The van der Waals surface area contributed by atoms with Crippen LogP contribution in [0.15, 0.2) is 42.5 Å². The number of ether oxygens (including phenoxy) is 1. The van der Waals surface area contributed by atoms with E-state index in [1.165, 1.54) is 31.0 Å². The zero-order chi connectivity index (χ0) is 19.3. The van der Waals surface area contributed by atoms with E-state index in [0.29, 0.717) is 6.61 Å². The predicted molar refractivity (Wildman–Crippen MR) is 118 cm³/mol. The lowest BCUT2D eigenvalue weighted by Gasteiger charge is -2.05. The van der Waals surface area contributed by atoms with E-state index in [9.17, 15) is 0 Å². The zero-order valence-corrected chi connectivity index (χ0v) is 17.8. The second kappa shape index (κ2) is 8.80. The van der Waals surface area contributed by atoms with Gasteiger partial charge in [0.2, 0.25) is 5.88 Å². The predicted octanol–water partition coefficient (Wildman–Crippen LogP) is 6.75. The number of nitrogens with zero attached hydrogens (tertiary/aromatic N) is 3. The Morgan fingerprint density at radius 3 is 2.57 bits per heavy atom. The van der Waals surface area contributed by atoms with Crippen LogP contribution in [-0.4, -0.2) is 20.3 Å². The van der Waals surface area contributed by atoms with Crippen LogP contribution in [0.1, 0.15) is 38.2 Å². The normalized spacial score (nSPS) is 11.2. The fraction of sp³-hybridized carbons (Fsp3) is 0.318. The van der Waals surface area contributed by atoms with Gasteiger partial charge in [0.1, 0.15) is 16.0 Å². The molecule has 4 aromatic rings. The van der Waals surface area contributed by atoms with Crippen molar-refractivity contribution in [2.75, 3.05) is 6.61 Å². The Morgan fingerprint density at radius 1 is 0.929 bits per heavy atom. The molecule has 0 saturated carbocycles. The monoisotopic (exact) mass is 409 g/mol. The summed E-state index contributed by atoms with van der Waals surface area (Å²) in [5, 5.41) is 0.931. The quantitative estimate of drug-likeness (QED) is 0.302. The van der Waals surface area contributed by atoms with E-state index in [-0.39, 0.29) is 0 Å². The van der Waals surface area contributed by atoms with Crippen LogP contribution < -0.4 is 4.74 Å². The number of fused-ring (bicyclic) bond motifs is 1. The first-order valence-electron chi connectivity index (χ1n) is 9.69. The van der Waals surface area contributed by atoms with Crippen molar-refractivity contribution >= 4 is 34.1 Å². The Balaban J connectivity index is 1.70. The second-order valence-electron chi connectivity index (χ2n) is 6.82. The molecule has 2 aromatic heterocycles. The van der Waals surface area contributed by atoms with Crippen LogP contribution in [0.2, 0.25) is 0 Å². The number of aromatic nitrogens is 3. The lowest BCUT2D eigenvalue weighted by atomic mass is 10.1. The fourth-order valence-electron chi connectivity index (χ4n) is 3.15. The molecule has 2 heterocycles. The summed E-state index contributed by atoms with van der Waals surface area (Å²) in [4.78, 5) is 5.94. The molecule has 0 saturated heterocycles. The maximum atomic E-state index is 6.12. The first-order valence-corrected chi connectivity index (χ1v) is 11.2. The van der Waals surface area contributed by atoms with Crippen LogP contribution >= 0.6 is 23.1 Å². The molecule has 2 aromatic carbocycles. The summed E-state index contributed by atoms with van der Waals surface area (Å²) in [6.07, 6.45) is 4.72. The van der Waals surface area contributed by atoms with Gasteiger partial charge in [-0.05, 0) is 30.5 Å². The average molecular weight is 410 g/mol. The molecular weight excluding hydrogens is 386 g/mol. The summed E-state index contributed by atoms with van der Waals surface area (Å²) in [6.45, 7) is 4.98. The zero-order valence-electron chi connectivity index (χ0n) is 16.1. The van der Waals surface area contributed by atoms with Crippen molar-refractivity contribution in [1.29, 1.82) is 0 Å². The number of benzene rings is 2. The van der Waals surface area contributed by atoms with E-state index in [2.05, 4.69) is 46.9 Å². The molecular formula is C22H23N3OS2. The fourth-order valence-corrected chi connectivity index (χ4v) is 4.81. The number of hydrogen-bond donors (Lipinski definition) is 0. The third-order valence-corrected chi connectivity index (χ3v) is 6.36. The highest BCUT2D eigenvalue weighted by Crippen LogP contribution is 2.41. The van der Waals surface area contributed by atoms with Crippen molar-refractivity contribution in [3.05, 3.63) is 48.0 Å². The highest BCUT2D eigenvalue weighted by molar-refractivity contribution is 7.18. The van der Waals surface area contributed by atoms with Crippen molar-refractivity contribution in [2.24, 2.45) is 0 Å². The first-order chi connectivity index (χ1) is 13.8. The highest BCUT2D eigenvalue weighted by atomic mass is 32.1. The molecule has 0 aliphatic heterocycles. The van der Waals surface area contributed by atoms with Crippen LogP contribution in [0, 0.1) is 6.92 Å². The maximum Gasteiger partial charge on any atom is 0.233 e. The van der Waals surface area contributed by atoms with Crippen molar-refractivity contribution in [3.8, 4) is 26.9 Å². The van der Waals surface area contributed by atoms with E-state index in [4.69, 9.17) is 9.72 Å². The van der Waals surface area contributed by atoms with Gasteiger partial charge in [-0.3, -0.25) is 0 Å². The van der Waals surface area contributed by atoms with Crippen molar-refractivity contribution in [1.82, 2.24) is 13.7 Å². The topological polar surface area (TPSA) is 47.9 Å². The summed E-state index contributed by atoms with van der Waals surface area (Å²) in [6, 6.07) is 14.5. The summed E-state index contributed by atoms with van der Waals surface area (Å²) in [5.41, 5.74) is 5.18. The SMILES string of the molecule is CCCCCCOc1nc(-c2ccc(C)c3nsnc23)sc1-c1ccccc1. The average Bonchev–Trinajstić information content (AvgIpc) is 3.37. The lowest BCUT2D eigenvalue weighted by Crippen LogP contribution is -1.98. The standard InChI is InChI=1S/C22H23N3OS2/c1-3-4-5-9-14-26-21-20(16-10-7-6-8-11-16)27-22(23-21)17-13-12-15(2)18-19(17)25-28-24-18/h6-8,10-13H,3-5,9,14H2,1-2H3. The Kier molecular flexibility index (Phi) is 5.98. The Hall–Kier alpha value is -2.31. The summed E-state index contributed by atoms with van der Waals surface area (Å²) in [5.74, 6) is 0.722. The molecule has 0 aliphatic carbocycles. The molecule has 0 aliphatic rings. The number of aryl methyl sites for hydroxylation is 1. The number of unbranched alkanes of at least 4 members (excludes halogenated alkanes) is 3. The molecule has 0 fully saturated rings. The Labute approximate surface area is 173 Å². The number of rotatable bonds is 8. The minimum Gasteiger partial charge on any atom is -0.477 e. The van der Waals surface area contributed by atoms with Gasteiger partial charge in [0.25, 0.3) is 0 Å². The second-order valence-corrected chi connectivity index (χ2v) is 8.35. The molecule has 0 radical (unpaired) electrons. The molecule has 0 atom stereocenters. The van der Waals surface area contributed by atoms with Gasteiger partial charge in [0.15, 0.2) is 0 Å². The molecule has 0 bridgehead atoms. The van der Waals surface area contributed by atoms with Gasteiger partial charge < -0.3 is 4.74 Å². The van der Waals surface area contributed by atoms with Gasteiger partial charge in [-0.1, -0.05) is 62.6 Å². The molecule has 28 heavy (non-hydrogen) atoms. The molecule has 4 rings (SSSR count). The minimum absolute atomic E-state index is 0.699. The van der Waals surface area contributed by atoms with Crippen LogP contribution in [0.25, 0.3) is 32.0 Å². The Bertz CT molecular complexity index is 1060. The Morgan fingerprint density at radius 2 is 1.75 bits per heavy atom. The summed E-state index contributed by atoms with van der Waals surface area (Å²) in [7, 11) is 0. The van der Waals surface area contributed by atoms with Crippen molar-refractivity contribution in [3.63, 3.8) is 0 Å². The van der Waals surface area contributed by atoms with Crippen LogP contribution in [0.4, 0.5) is 0 Å². The maximum absolute atomic E-state index is 6.12. The molecule has 4 nitrogen and oxygen atoms in total. The van der Waals surface area contributed by atoms with Gasteiger partial charge in [-0.25, -0.2) is 4.98 Å². The smallest absolute Gasteiger partial charge is 0.233 e.